The van der Waals surface area contributed by atoms with Crippen LogP contribution in [0, 0.1) is 0 Å². The molecule has 2 aliphatic rings. The summed E-state index contributed by atoms with van der Waals surface area (Å²) in [5, 5.41) is 0. The van der Waals surface area contributed by atoms with Crippen LogP contribution in [0.5, 0.6) is 0 Å². The summed E-state index contributed by atoms with van der Waals surface area (Å²) in [7, 11) is 0. The zero-order valence-electron chi connectivity index (χ0n) is 7.08. The number of nitrogens with zero attached hydrogens (tertiary/aromatic N) is 2. The zero-order valence-corrected chi connectivity index (χ0v) is 7.08. The van der Waals surface area contributed by atoms with E-state index in [9.17, 15) is 0 Å². The highest BCUT2D eigenvalue weighted by Crippen LogP contribution is 2.30. The lowest BCUT2D eigenvalue weighted by Crippen LogP contribution is -1.84. The lowest BCUT2D eigenvalue weighted by Gasteiger charge is -1.98. The molecular weight excluding hydrogens is 148 g/mol. The highest BCUT2D eigenvalue weighted by molar-refractivity contribution is 5.94. The minimum atomic E-state index is 0.831. The Morgan fingerprint density at radius 1 is 1.17 bits per heavy atom. The topological polar surface area (TPSA) is 36.4 Å². The quantitative estimate of drug-likeness (QED) is 0.417. The number of hydrogen-bond donors (Lipinski definition) is 0. The van der Waals surface area contributed by atoms with Gasteiger partial charge in [-0.1, -0.05) is 6.08 Å². The molecule has 0 amide bonds. The fourth-order valence-electron chi connectivity index (χ4n) is 1.90. The van der Waals surface area contributed by atoms with Crippen LogP contribution in [0.1, 0.15) is 32.1 Å². The first-order chi connectivity index (χ1) is 5.90. The fourth-order valence-corrected chi connectivity index (χ4v) is 1.90. The Hall–Kier alpha value is -1.14. The summed E-state index contributed by atoms with van der Waals surface area (Å²) in [4.78, 5) is 3.22. The second kappa shape index (κ2) is 3.08. The maximum absolute atomic E-state index is 8.55. The molecule has 0 aromatic heterocycles. The molecule has 2 nitrogen and oxygen atoms in total. The second-order valence-electron chi connectivity index (χ2n) is 3.38. The molecule has 12 heavy (non-hydrogen) atoms. The molecule has 0 fully saturated rings. The molecule has 0 aromatic rings. The third-order valence-electron chi connectivity index (χ3n) is 2.57. The van der Waals surface area contributed by atoms with Crippen LogP contribution in [0.2, 0.25) is 0 Å². The van der Waals surface area contributed by atoms with Crippen molar-refractivity contribution in [2.75, 3.05) is 0 Å². The molecule has 0 heterocycles. The van der Waals surface area contributed by atoms with E-state index in [1.54, 1.807) is 0 Å². The Kier molecular flexibility index (Phi) is 1.92. The third-order valence-corrected chi connectivity index (χ3v) is 2.57. The van der Waals surface area contributed by atoms with Crippen molar-refractivity contribution in [2.24, 2.45) is 0 Å². The maximum atomic E-state index is 8.55. The Morgan fingerprint density at radius 2 is 2.08 bits per heavy atom. The molecule has 0 spiro atoms. The monoisotopic (exact) mass is 160 g/mol. The summed E-state index contributed by atoms with van der Waals surface area (Å²) in [6, 6.07) is 0. The molecule has 0 aromatic carbocycles. The largest absolute Gasteiger partial charge is 0.361 e. The predicted molar refractivity (Wildman–Crippen MR) is 47.9 cm³/mol. The number of rotatable bonds is 1. The molecule has 0 radical (unpaired) electrons. The summed E-state index contributed by atoms with van der Waals surface area (Å²) in [6.45, 7) is 0. The molecule has 62 valence electrons. The van der Waals surface area contributed by atoms with Crippen LogP contribution in [0.15, 0.2) is 23.3 Å². The molecule has 0 atom stereocenters. The van der Waals surface area contributed by atoms with Gasteiger partial charge in [0.2, 0.25) is 0 Å². The third kappa shape index (κ3) is 1.26. The Morgan fingerprint density at radius 3 is 2.67 bits per heavy atom. The van der Waals surface area contributed by atoms with Gasteiger partial charge in [-0.05, 0) is 36.8 Å². The van der Waals surface area contributed by atoms with Crippen molar-refractivity contribution in [3.8, 4) is 0 Å². The van der Waals surface area contributed by atoms with E-state index in [1.807, 2.05) is 6.08 Å². The highest BCUT2D eigenvalue weighted by Gasteiger charge is 2.20. The van der Waals surface area contributed by atoms with Gasteiger partial charge >= 0.3 is 0 Å². The number of hydrogen-bond acceptors (Lipinski definition) is 0. The van der Waals surface area contributed by atoms with Crippen molar-refractivity contribution in [1.82, 2.24) is 0 Å². The van der Waals surface area contributed by atoms with E-state index < -0.39 is 0 Å². The van der Waals surface area contributed by atoms with Gasteiger partial charge in [-0.25, -0.2) is 0 Å². The standard InChI is InChI=1S/C10H12N2/c11-12-10-6-5-9(7-10)8-3-1-2-4-8/h3,7H,1-2,4-6H2. The first kappa shape index (κ1) is 7.51. The molecule has 0 unspecified atom stereocenters. The van der Waals surface area contributed by atoms with E-state index in [4.69, 9.17) is 5.53 Å². The van der Waals surface area contributed by atoms with Gasteiger partial charge in [0.05, 0.1) is 6.42 Å². The summed E-state index contributed by atoms with van der Waals surface area (Å²) in [5.41, 5.74) is 12.3. The Bertz CT molecular complexity index is 304. The minimum absolute atomic E-state index is 0.831. The van der Waals surface area contributed by atoms with Crippen LogP contribution in [-0.4, -0.2) is 10.5 Å². The fraction of sp³-hybridized carbons (Fsp3) is 0.500. The molecule has 0 saturated carbocycles. The molecule has 0 bridgehead atoms. The van der Waals surface area contributed by atoms with Crippen LogP contribution in [0.25, 0.3) is 5.53 Å². The Labute approximate surface area is 72.2 Å². The summed E-state index contributed by atoms with van der Waals surface area (Å²) < 4.78 is 0. The first-order valence-corrected chi connectivity index (χ1v) is 4.51. The average molecular weight is 160 g/mol. The van der Waals surface area contributed by atoms with Crippen molar-refractivity contribution in [3.63, 3.8) is 0 Å². The smallest absolute Gasteiger partial charge is 0.292 e. The molecule has 0 N–H and O–H groups in total. The predicted octanol–water partition coefficient (Wildman–Crippen LogP) is 2.49. The summed E-state index contributed by atoms with van der Waals surface area (Å²) in [5.74, 6) is 0. The van der Waals surface area contributed by atoms with Gasteiger partial charge in [-0.3, -0.25) is 0 Å². The van der Waals surface area contributed by atoms with E-state index in [1.165, 1.54) is 30.4 Å². The number of allylic oxidation sites excluding steroid dienone is 4. The van der Waals surface area contributed by atoms with Crippen molar-refractivity contribution in [1.29, 1.82) is 0 Å². The van der Waals surface area contributed by atoms with Gasteiger partial charge in [-0.2, -0.15) is 4.79 Å². The van der Waals surface area contributed by atoms with Crippen LogP contribution in [0.4, 0.5) is 0 Å². The van der Waals surface area contributed by atoms with Gasteiger partial charge in [0.1, 0.15) is 0 Å². The lowest BCUT2D eigenvalue weighted by molar-refractivity contribution is -0.00551. The molecule has 0 aliphatic heterocycles. The van der Waals surface area contributed by atoms with Crippen LogP contribution < -0.4 is 0 Å². The lowest BCUT2D eigenvalue weighted by atomic mass is 10.1. The Balaban J connectivity index is 2.20. The minimum Gasteiger partial charge on any atom is -0.361 e. The molecule has 2 heteroatoms. The van der Waals surface area contributed by atoms with Gasteiger partial charge in [0.25, 0.3) is 5.71 Å². The van der Waals surface area contributed by atoms with Crippen LogP contribution >= 0.6 is 0 Å². The van der Waals surface area contributed by atoms with E-state index in [0.717, 1.165) is 18.6 Å². The summed E-state index contributed by atoms with van der Waals surface area (Å²) >= 11 is 0. The molecule has 2 aliphatic carbocycles. The molecule has 0 saturated heterocycles. The van der Waals surface area contributed by atoms with Gasteiger partial charge in [0, 0.05) is 6.08 Å². The highest BCUT2D eigenvalue weighted by atomic mass is 14.9. The average Bonchev–Trinajstić information content (AvgIpc) is 2.75. The van der Waals surface area contributed by atoms with Gasteiger partial charge in [0.15, 0.2) is 0 Å². The second-order valence-corrected chi connectivity index (χ2v) is 3.38. The van der Waals surface area contributed by atoms with E-state index in [-0.39, 0.29) is 0 Å². The van der Waals surface area contributed by atoms with Gasteiger partial charge in [-0.15, -0.1) is 0 Å². The molecular formula is C10H12N2. The summed E-state index contributed by atoms with van der Waals surface area (Å²) in [6.07, 6.45) is 10.0. The van der Waals surface area contributed by atoms with Crippen molar-refractivity contribution < 1.29 is 4.79 Å². The van der Waals surface area contributed by atoms with Crippen LogP contribution in [0.3, 0.4) is 0 Å². The van der Waals surface area contributed by atoms with Crippen molar-refractivity contribution >= 4 is 5.71 Å². The first-order valence-electron chi connectivity index (χ1n) is 4.51. The van der Waals surface area contributed by atoms with E-state index >= 15 is 0 Å². The normalized spacial score (nSPS) is 22.2. The SMILES string of the molecule is [N-]=[N+]=C1C=C(C2=CCCC2)CC1. The van der Waals surface area contributed by atoms with Crippen molar-refractivity contribution in [2.45, 2.75) is 32.1 Å². The van der Waals surface area contributed by atoms with E-state index in [0.29, 0.717) is 0 Å². The van der Waals surface area contributed by atoms with Crippen LogP contribution in [-0.2, 0) is 0 Å². The maximum Gasteiger partial charge on any atom is 0.292 e. The zero-order chi connectivity index (χ0) is 8.39. The van der Waals surface area contributed by atoms with Crippen molar-refractivity contribution in [3.05, 3.63) is 28.8 Å². The van der Waals surface area contributed by atoms with Gasteiger partial charge < -0.3 is 5.53 Å². The van der Waals surface area contributed by atoms with E-state index in [2.05, 4.69) is 10.9 Å². The molecule has 2 rings (SSSR count).